The van der Waals surface area contributed by atoms with E-state index >= 15 is 0 Å². The van der Waals surface area contributed by atoms with Crippen molar-refractivity contribution < 1.29 is 0 Å². The number of rotatable bonds is 5. The van der Waals surface area contributed by atoms with Crippen LogP contribution in [0.25, 0.3) is 0 Å². The maximum atomic E-state index is 3.27. The van der Waals surface area contributed by atoms with E-state index in [1.165, 1.54) is 18.4 Å². The summed E-state index contributed by atoms with van der Waals surface area (Å²) < 4.78 is 0. The van der Waals surface area contributed by atoms with E-state index in [1.54, 1.807) is 0 Å². The molecular weight excluding hydrogens is 122 g/mol. The zero-order chi connectivity index (χ0) is 7.82. The maximum absolute atomic E-state index is 3.27. The van der Waals surface area contributed by atoms with E-state index in [2.05, 4.69) is 32.3 Å². The fourth-order valence-electron chi connectivity index (χ4n) is 0.627. The highest BCUT2D eigenvalue weighted by atomic mass is 14.8. The molecule has 0 amide bonds. The Kier molecular flexibility index (Phi) is 6.35. The molecule has 0 radical (unpaired) electrons. The fourth-order valence-corrected chi connectivity index (χ4v) is 0.627. The number of allylic oxidation sites excluding steroid dienone is 1. The summed E-state index contributed by atoms with van der Waals surface area (Å²) >= 11 is 0. The number of nitrogens with one attached hydrogen (secondary N) is 1. The summed E-state index contributed by atoms with van der Waals surface area (Å²) in [7, 11) is 0. The summed E-state index contributed by atoms with van der Waals surface area (Å²) in [5.41, 5.74) is 1.43. The molecule has 60 valence electrons. The van der Waals surface area contributed by atoms with E-state index in [0.29, 0.717) is 0 Å². The molecule has 0 aromatic rings. The first-order valence-electron chi connectivity index (χ1n) is 4.20. The number of hydrogen-bond donors (Lipinski definition) is 1. The average molecular weight is 141 g/mol. The topological polar surface area (TPSA) is 12.0 Å². The van der Waals surface area contributed by atoms with Crippen molar-refractivity contribution in [3.05, 3.63) is 11.8 Å². The van der Waals surface area contributed by atoms with Gasteiger partial charge in [-0.15, -0.1) is 0 Å². The van der Waals surface area contributed by atoms with Gasteiger partial charge in [0.15, 0.2) is 0 Å². The maximum Gasteiger partial charge on any atom is 0.0141 e. The van der Waals surface area contributed by atoms with Gasteiger partial charge >= 0.3 is 0 Å². The van der Waals surface area contributed by atoms with Crippen LogP contribution in [0.5, 0.6) is 0 Å². The summed E-state index contributed by atoms with van der Waals surface area (Å²) in [6.07, 6.45) is 5.81. The molecule has 0 unspecified atom stereocenters. The lowest BCUT2D eigenvalue weighted by molar-refractivity contribution is 0.730. The molecule has 0 aliphatic rings. The van der Waals surface area contributed by atoms with E-state index in [9.17, 15) is 0 Å². The molecule has 1 heteroatoms. The molecule has 1 nitrogen and oxygen atoms in total. The van der Waals surface area contributed by atoms with E-state index < -0.39 is 0 Å². The second-order valence-electron chi connectivity index (χ2n) is 2.65. The van der Waals surface area contributed by atoms with Gasteiger partial charge in [-0.3, -0.25) is 0 Å². The van der Waals surface area contributed by atoms with Crippen LogP contribution in [0.4, 0.5) is 0 Å². The first kappa shape index (κ1) is 9.54. The Bertz CT molecular complexity index is 94.9. The van der Waals surface area contributed by atoms with E-state index in [1.807, 2.05) is 0 Å². The van der Waals surface area contributed by atoms with Gasteiger partial charge in [0.05, 0.1) is 0 Å². The van der Waals surface area contributed by atoms with Gasteiger partial charge in [-0.25, -0.2) is 0 Å². The van der Waals surface area contributed by atoms with Crippen molar-refractivity contribution in [1.29, 1.82) is 0 Å². The predicted molar refractivity (Wildman–Crippen MR) is 47.0 cm³/mol. The SMILES string of the molecule is CCCCNC=C(C)CC. The molecule has 0 rings (SSSR count). The summed E-state index contributed by atoms with van der Waals surface area (Å²) in [6, 6.07) is 0. The fraction of sp³-hybridized carbons (Fsp3) is 0.778. The van der Waals surface area contributed by atoms with Crippen LogP contribution in [0.15, 0.2) is 11.8 Å². The average Bonchev–Trinajstić information content (AvgIpc) is 1.98. The van der Waals surface area contributed by atoms with E-state index in [-0.39, 0.29) is 0 Å². The van der Waals surface area contributed by atoms with Crippen LogP contribution in [0.2, 0.25) is 0 Å². The van der Waals surface area contributed by atoms with Crippen LogP contribution in [0.3, 0.4) is 0 Å². The van der Waals surface area contributed by atoms with Gasteiger partial charge in [0.25, 0.3) is 0 Å². The lowest BCUT2D eigenvalue weighted by Gasteiger charge is -1.99. The van der Waals surface area contributed by atoms with Gasteiger partial charge < -0.3 is 5.32 Å². The molecule has 0 spiro atoms. The number of hydrogen-bond acceptors (Lipinski definition) is 1. The van der Waals surface area contributed by atoms with Crippen molar-refractivity contribution in [3.63, 3.8) is 0 Å². The normalized spacial score (nSPS) is 11.7. The van der Waals surface area contributed by atoms with Gasteiger partial charge in [0.2, 0.25) is 0 Å². The summed E-state index contributed by atoms with van der Waals surface area (Å²) in [5.74, 6) is 0. The first-order chi connectivity index (χ1) is 4.81. The second-order valence-corrected chi connectivity index (χ2v) is 2.65. The molecule has 0 aromatic heterocycles. The quantitative estimate of drug-likeness (QED) is 0.580. The highest BCUT2D eigenvalue weighted by Gasteiger charge is 1.82. The Morgan fingerprint density at radius 1 is 1.40 bits per heavy atom. The standard InChI is InChI=1S/C9H19N/c1-4-6-7-10-8-9(3)5-2/h8,10H,4-7H2,1-3H3. The van der Waals surface area contributed by atoms with E-state index in [4.69, 9.17) is 0 Å². The van der Waals surface area contributed by atoms with Gasteiger partial charge in [0, 0.05) is 6.54 Å². The minimum absolute atomic E-state index is 1.12. The highest BCUT2D eigenvalue weighted by molar-refractivity contribution is 4.94. The Hall–Kier alpha value is -0.460. The molecule has 0 saturated carbocycles. The Morgan fingerprint density at radius 3 is 2.60 bits per heavy atom. The molecule has 0 heterocycles. The second kappa shape index (κ2) is 6.66. The zero-order valence-corrected chi connectivity index (χ0v) is 7.41. The molecular formula is C9H19N. The Balaban J connectivity index is 3.16. The van der Waals surface area contributed by atoms with Crippen LogP contribution < -0.4 is 5.32 Å². The molecule has 0 fully saturated rings. The van der Waals surface area contributed by atoms with Crippen LogP contribution in [0.1, 0.15) is 40.0 Å². The van der Waals surface area contributed by atoms with Crippen LogP contribution >= 0.6 is 0 Å². The minimum Gasteiger partial charge on any atom is -0.391 e. The molecule has 0 saturated heterocycles. The molecule has 1 N–H and O–H groups in total. The van der Waals surface area contributed by atoms with Crippen molar-refractivity contribution in [2.45, 2.75) is 40.0 Å². The third-order valence-corrected chi connectivity index (χ3v) is 1.58. The van der Waals surface area contributed by atoms with Gasteiger partial charge in [-0.2, -0.15) is 0 Å². The smallest absolute Gasteiger partial charge is 0.0141 e. The van der Waals surface area contributed by atoms with Crippen LogP contribution in [-0.4, -0.2) is 6.54 Å². The monoisotopic (exact) mass is 141 g/mol. The number of unbranched alkanes of at least 4 members (excludes halogenated alkanes) is 1. The minimum atomic E-state index is 1.12. The van der Waals surface area contributed by atoms with Crippen LogP contribution in [-0.2, 0) is 0 Å². The summed E-state index contributed by atoms with van der Waals surface area (Å²) in [4.78, 5) is 0. The lowest BCUT2D eigenvalue weighted by atomic mass is 10.2. The molecule has 0 bridgehead atoms. The van der Waals surface area contributed by atoms with Gasteiger partial charge in [-0.05, 0) is 26.0 Å². The van der Waals surface area contributed by atoms with Crippen molar-refractivity contribution in [2.24, 2.45) is 0 Å². The van der Waals surface area contributed by atoms with E-state index in [0.717, 1.165) is 13.0 Å². The third kappa shape index (κ3) is 5.67. The van der Waals surface area contributed by atoms with Crippen molar-refractivity contribution in [3.8, 4) is 0 Å². The zero-order valence-electron chi connectivity index (χ0n) is 7.41. The Morgan fingerprint density at radius 2 is 2.10 bits per heavy atom. The third-order valence-electron chi connectivity index (χ3n) is 1.58. The van der Waals surface area contributed by atoms with Crippen LogP contribution in [0, 0.1) is 0 Å². The van der Waals surface area contributed by atoms with Gasteiger partial charge in [-0.1, -0.05) is 25.8 Å². The molecule has 0 aliphatic carbocycles. The first-order valence-corrected chi connectivity index (χ1v) is 4.20. The highest BCUT2D eigenvalue weighted by Crippen LogP contribution is 1.94. The molecule has 0 aromatic carbocycles. The molecule has 10 heavy (non-hydrogen) atoms. The summed E-state index contributed by atoms with van der Waals surface area (Å²) in [6.45, 7) is 7.65. The van der Waals surface area contributed by atoms with Gasteiger partial charge in [0.1, 0.15) is 0 Å². The Labute approximate surface area is 64.5 Å². The largest absolute Gasteiger partial charge is 0.391 e. The predicted octanol–water partition coefficient (Wildman–Crippen LogP) is 2.69. The lowest BCUT2D eigenvalue weighted by Crippen LogP contribution is -2.06. The van der Waals surface area contributed by atoms with Crippen molar-refractivity contribution >= 4 is 0 Å². The molecule has 0 aliphatic heterocycles. The van der Waals surface area contributed by atoms with Crippen molar-refractivity contribution in [2.75, 3.05) is 6.54 Å². The summed E-state index contributed by atoms with van der Waals surface area (Å²) in [5, 5.41) is 3.27. The van der Waals surface area contributed by atoms with Crippen molar-refractivity contribution in [1.82, 2.24) is 5.32 Å². The molecule has 0 atom stereocenters.